The molecule has 0 amide bonds. The zero-order chi connectivity index (χ0) is 14.1. The summed E-state index contributed by atoms with van der Waals surface area (Å²) in [4.78, 5) is 21.8. The average molecular weight is 258 g/mol. The van der Waals surface area contributed by atoms with Crippen molar-refractivity contribution in [2.24, 2.45) is 17.8 Å². The van der Waals surface area contributed by atoms with Gasteiger partial charge in [-0.1, -0.05) is 27.7 Å². The number of carbonyl (C=O) groups excluding carboxylic acids is 2. The third kappa shape index (κ3) is 8.09. The summed E-state index contributed by atoms with van der Waals surface area (Å²) in [5, 5.41) is 0. The smallest absolute Gasteiger partial charge is 0.417 e. The summed E-state index contributed by atoms with van der Waals surface area (Å²) in [5.41, 5.74) is 0. The van der Waals surface area contributed by atoms with Crippen molar-refractivity contribution in [1.82, 2.24) is 0 Å². The Bertz CT molecular complexity index is 261. The molecule has 0 aliphatic carbocycles. The van der Waals surface area contributed by atoms with E-state index in [2.05, 4.69) is 32.4 Å². The molecular weight excluding hydrogens is 232 g/mol. The van der Waals surface area contributed by atoms with Gasteiger partial charge in [-0.2, -0.15) is 0 Å². The van der Waals surface area contributed by atoms with Crippen LogP contribution in [0.25, 0.3) is 0 Å². The maximum atomic E-state index is 11.0. The van der Waals surface area contributed by atoms with Crippen LogP contribution in [0, 0.1) is 17.8 Å². The second-order valence-corrected chi connectivity index (χ2v) is 5.49. The molecule has 0 saturated carbocycles. The van der Waals surface area contributed by atoms with E-state index < -0.39 is 11.9 Å². The van der Waals surface area contributed by atoms with Crippen LogP contribution in [0.15, 0.2) is 0 Å². The van der Waals surface area contributed by atoms with Crippen molar-refractivity contribution in [3.05, 3.63) is 0 Å². The van der Waals surface area contributed by atoms with Gasteiger partial charge in [0.15, 0.2) is 0 Å². The Hall–Kier alpha value is -1.06. The topological polar surface area (TPSA) is 52.6 Å². The molecule has 0 rings (SSSR count). The molecule has 0 fully saturated rings. The van der Waals surface area contributed by atoms with E-state index in [1.54, 1.807) is 0 Å². The number of methoxy groups -OCH3 is 1. The molecule has 2 atom stereocenters. The number of ether oxygens (including phenoxy) is 2. The van der Waals surface area contributed by atoms with Gasteiger partial charge in [-0.3, -0.25) is 0 Å². The van der Waals surface area contributed by atoms with E-state index in [0.29, 0.717) is 17.8 Å². The first-order chi connectivity index (χ1) is 8.36. The predicted molar refractivity (Wildman–Crippen MR) is 70.0 cm³/mol. The lowest BCUT2D eigenvalue weighted by Crippen LogP contribution is -2.20. The van der Waals surface area contributed by atoms with Crippen LogP contribution < -0.4 is 0 Å². The Kier molecular flexibility index (Phi) is 8.42. The first-order valence-corrected chi connectivity index (χ1v) is 6.61. The minimum atomic E-state index is -0.934. The third-order valence-electron chi connectivity index (χ3n) is 2.87. The lowest BCUT2D eigenvalue weighted by Gasteiger charge is -2.18. The van der Waals surface area contributed by atoms with E-state index >= 15 is 0 Å². The van der Waals surface area contributed by atoms with Crippen LogP contribution in [0.4, 0.5) is 0 Å². The van der Waals surface area contributed by atoms with E-state index in [1.807, 2.05) is 0 Å². The third-order valence-corrected chi connectivity index (χ3v) is 2.87. The Morgan fingerprint density at radius 3 is 2.06 bits per heavy atom. The first kappa shape index (κ1) is 16.9. The van der Waals surface area contributed by atoms with Crippen LogP contribution in [-0.4, -0.2) is 25.7 Å². The molecule has 18 heavy (non-hydrogen) atoms. The molecule has 0 aliphatic heterocycles. The van der Waals surface area contributed by atoms with Crippen LogP contribution >= 0.6 is 0 Å². The molecule has 0 spiro atoms. The van der Waals surface area contributed by atoms with Crippen molar-refractivity contribution in [3.63, 3.8) is 0 Å². The summed E-state index contributed by atoms with van der Waals surface area (Å²) >= 11 is 0. The highest BCUT2D eigenvalue weighted by molar-refractivity contribution is 6.29. The lowest BCUT2D eigenvalue weighted by molar-refractivity contribution is -0.166. The van der Waals surface area contributed by atoms with Crippen molar-refractivity contribution in [2.45, 2.75) is 47.0 Å². The number of hydrogen-bond acceptors (Lipinski definition) is 4. The predicted octanol–water partition coefficient (Wildman–Crippen LogP) is 2.80. The number of rotatable bonds is 7. The van der Waals surface area contributed by atoms with Gasteiger partial charge in [-0.25, -0.2) is 9.59 Å². The van der Waals surface area contributed by atoms with Gasteiger partial charge in [0, 0.05) is 0 Å². The second-order valence-electron chi connectivity index (χ2n) is 5.49. The Morgan fingerprint density at radius 1 is 0.944 bits per heavy atom. The Labute approximate surface area is 110 Å². The summed E-state index contributed by atoms with van der Waals surface area (Å²) in [6, 6.07) is 0. The molecule has 0 saturated heterocycles. The van der Waals surface area contributed by atoms with Gasteiger partial charge >= 0.3 is 11.9 Å². The van der Waals surface area contributed by atoms with Crippen LogP contribution in [0.1, 0.15) is 47.0 Å². The standard InChI is InChI=1S/C14H26O4/c1-10(2)8-12(4)9-11(3)6-7-18-14(16)13(15)17-5/h10-12H,6-9H2,1-5H3. The SMILES string of the molecule is COC(=O)C(=O)OCCC(C)CC(C)CC(C)C. The maximum absolute atomic E-state index is 11.0. The Balaban J connectivity index is 3.74. The van der Waals surface area contributed by atoms with Crippen molar-refractivity contribution < 1.29 is 19.1 Å². The van der Waals surface area contributed by atoms with E-state index in [9.17, 15) is 9.59 Å². The molecule has 0 N–H and O–H groups in total. The van der Waals surface area contributed by atoms with Gasteiger partial charge in [0.05, 0.1) is 13.7 Å². The van der Waals surface area contributed by atoms with E-state index in [4.69, 9.17) is 4.74 Å². The van der Waals surface area contributed by atoms with Gasteiger partial charge in [0.2, 0.25) is 0 Å². The summed E-state index contributed by atoms with van der Waals surface area (Å²) in [6.07, 6.45) is 3.12. The number of hydrogen-bond donors (Lipinski definition) is 0. The zero-order valence-corrected chi connectivity index (χ0v) is 12.2. The monoisotopic (exact) mass is 258 g/mol. The average Bonchev–Trinajstić information content (AvgIpc) is 2.26. The van der Waals surface area contributed by atoms with Crippen LogP contribution in [0.2, 0.25) is 0 Å². The molecule has 0 aliphatic rings. The van der Waals surface area contributed by atoms with E-state index in [1.165, 1.54) is 13.5 Å². The molecule has 106 valence electrons. The summed E-state index contributed by atoms with van der Waals surface area (Å²) in [6.45, 7) is 9.11. The quantitative estimate of drug-likeness (QED) is 0.520. The maximum Gasteiger partial charge on any atom is 0.417 e. The molecule has 0 radical (unpaired) electrons. The summed E-state index contributed by atoms with van der Waals surface area (Å²) in [7, 11) is 1.17. The van der Waals surface area contributed by atoms with Gasteiger partial charge in [-0.05, 0) is 37.0 Å². The molecular formula is C14H26O4. The van der Waals surface area contributed by atoms with Crippen LogP contribution in [0.3, 0.4) is 0 Å². The molecule has 0 bridgehead atoms. The molecule has 0 aromatic carbocycles. The van der Waals surface area contributed by atoms with Crippen molar-refractivity contribution in [3.8, 4) is 0 Å². The molecule has 2 unspecified atom stereocenters. The van der Waals surface area contributed by atoms with Gasteiger partial charge < -0.3 is 9.47 Å². The van der Waals surface area contributed by atoms with Gasteiger partial charge in [0.1, 0.15) is 0 Å². The summed E-state index contributed by atoms with van der Waals surface area (Å²) in [5.74, 6) is 0.0422. The molecule has 4 nitrogen and oxygen atoms in total. The normalized spacial score (nSPS) is 14.1. The fraction of sp³-hybridized carbons (Fsp3) is 0.857. The fourth-order valence-corrected chi connectivity index (χ4v) is 2.20. The van der Waals surface area contributed by atoms with Crippen LogP contribution in [-0.2, 0) is 19.1 Å². The highest BCUT2D eigenvalue weighted by Crippen LogP contribution is 2.21. The molecule has 0 aromatic heterocycles. The van der Waals surface area contributed by atoms with Gasteiger partial charge in [0.25, 0.3) is 0 Å². The van der Waals surface area contributed by atoms with Crippen molar-refractivity contribution in [1.29, 1.82) is 0 Å². The van der Waals surface area contributed by atoms with Crippen LogP contribution in [0.5, 0.6) is 0 Å². The van der Waals surface area contributed by atoms with E-state index in [0.717, 1.165) is 12.8 Å². The van der Waals surface area contributed by atoms with Crippen molar-refractivity contribution >= 4 is 11.9 Å². The molecule has 0 heterocycles. The minimum Gasteiger partial charge on any atom is -0.461 e. The Morgan fingerprint density at radius 2 is 1.56 bits per heavy atom. The van der Waals surface area contributed by atoms with E-state index in [-0.39, 0.29) is 6.61 Å². The highest BCUT2D eigenvalue weighted by atomic mass is 16.6. The second kappa shape index (κ2) is 8.95. The minimum absolute atomic E-state index is 0.281. The molecule has 4 heteroatoms. The largest absolute Gasteiger partial charge is 0.461 e. The molecule has 0 aromatic rings. The number of esters is 2. The highest BCUT2D eigenvalue weighted by Gasteiger charge is 2.16. The first-order valence-electron chi connectivity index (χ1n) is 6.61. The van der Waals surface area contributed by atoms with Gasteiger partial charge in [-0.15, -0.1) is 0 Å². The fourth-order valence-electron chi connectivity index (χ4n) is 2.20. The van der Waals surface area contributed by atoms with Crippen molar-refractivity contribution in [2.75, 3.05) is 13.7 Å². The zero-order valence-electron chi connectivity index (χ0n) is 12.2. The summed E-state index contributed by atoms with van der Waals surface area (Å²) < 4.78 is 9.08. The lowest BCUT2D eigenvalue weighted by atomic mass is 9.89. The number of carbonyl (C=O) groups is 2.